The first-order chi connectivity index (χ1) is 12.5. The van der Waals surface area contributed by atoms with E-state index in [0.29, 0.717) is 33.2 Å². The molecule has 0 fully saturated rings. The quantitative estimate of drug-likeness (QED) is 0.440. The zero-order valence-electron chi connectivity index (χ0n) is 13.6. The highest BCUT2D eigenvalue weighted by atomic mass is 35.5. The summed E-state index contributed by atoms with van der Waals surface area (Å²) in [5.41, 5.74) is 2.66. The molecule has 134 valence electrons. The van der Waals surface area contributed by atoms with Crippen molar-refractivity contribution in [3.63, 3.8) is 0 Å². The van der Waals surface area contributed by atoms with E-state index in [1.165, 1.54) is 0 Å². The summed E-state index contributed by atoms with van der Waals surface area (Å²) < 4.78 is 5.96. The Hall–Kier alpha value is -1.58. The number of rotatable bonds is 6. The maximum absolute atomic E-state index is 6.19. The van der Waals surface area contributed by atoms with Gasteiger partial charge in [-0.25, -0.2) is 0 Å². The summed E-state index contributed by atoms with van der Waals surface area (Å²) in [5.74, 6) is 0.731. The summed E-state index contributed by atoms with van der Waals surface area (Å²) in [4.78, 5) is 0. The first-order valence-corrected chi connectivity index (χ1v) is 9.37. The Bertz CT molecular complexity index is 894. The van der Waals surface area contributed by atoms with Gasteiger partial charge in [0.2, 0.25) is 0 Å². The van der Waals surface area contributed by atoms with Crippen molar-refractivity contribution in [1.82, 2.24) is 0 Å². The van der Waals surface area contributed by atoms with Gasteiger partial charge in [-0.3, -0.25) is 0 Å². The maximum atomic E-state index is 6.19. The second-order valence-corrected chi connectivity index (χ2v) is 7.36. The van der Waals surface area contributed by atoms with Crippen LogP contribution in [-0.2, 0) is 13.2 Å². The van der Waals surface area contributed by atoms with Crippen LogP contribution < -0.4 is 10.1 Å². The Kier molecular flexibility index (Phi) is 6.55. The number of hydrogen-bond donors (Lipinski definition) is 1. The summed E-state index contributed by atoms with van der Waals surface area (Å²) >= 11 is 24.4. The van der Waals surface area contributed by atoms with Crippen LogP contribution >= 0.6 is 46.4 Å². The van der Waals surface area contributed by atoms with Crippen molar-refractivity contribution in [1.29, 1.82) is 0 Å². The van der Waals surface area contributed by atoms with Crippen LogP contribution in [0.15, 0.2) is 60.7 Å². The SMILES string of the molecule is Clc1cc(Cl)cc(NCc2cc(Cl)ccc2OCc2ccccc2Cl)c1. The first kappa shape index (κ1) is 19.2. The van der Waals surface area contributed by atoms with Crippen LogP contribution in [0.1, 0.15) is 11.1 Å². The largest absolute Gasteiger partial charge is 0.488 e. The van der Waals surface area contributed by atoms with Gasteiger partial charge in [0.1, 0.15) is 12.4 Å². The molecule has 0 aliphatic heterocycles. The Morgan fingerprint density at radius 2 is 1.46 bits per heavy atom. The Morgan fingerprint density at radius 3 is 2.19 bits per heavy atom. The van der Waals surface area contributed by atoms with Gasteiger partial charge in [-0.05, 0) is 42.5 Å². The fraction of sp³-hybridized carbons (Fsp3) is 0.100. The van der Waals surface area contributed by atoms with Gasteiger partial charge >= 0.3 is 0 Å². The standard InChI is InChI=1S/C20H15Cl4NO/c21-15-5-6-20(26-12-13-3-1-2-4-19(13)24)14(7-15)11-25-18-9-16(22)8-17(23)10-18/h1-10,25H,11-12H2. The lowest BCUT2D eigenvalue weighted by molar-refractivity contribution is 0.303. The normalized spacial score (nSPS) is 10.6. The zero-order valence-corrected chi connectivity index (χ0v) is 16.6. The second kappa shape index (κ2) is 8.88. The van der Waals surface area contributed by atoms with Crippen molar-refractivity contribution < 1.29 is 4.74 Å². The minimum Gasteiger partial charge on any atom is -0.488 e. The lowest BCUT2D eigenvalue weighted by Gasteiger charge is -2.14. The molecule has 3 aromatic carbocycles. The maximum Gasteiger partial charge on any atom is 0.124 e. The highest BCUT2D eigenvalue weighted by molar-refractivity contribution is 6.35. The summed E-state index contributed by atoms with van der Waals surface area (Å²) in [5, 5.41) is 5.74. The van der Waals surface area contributed by atoms with E-state index in [2.05, 4.69) is 5.32 Å². The third-order valence-corrected chi connectivity index (χ3v) is 4.75. The smallest absolute Gasteiger partial charge is 0.124 e. The molecule has 6 heteroatoms. The van der Waals surface area contributed by atoms with E-state index in [0.717, 1.165) is 22.6 Å². The fourth-order valence-electron chi connectivity index (χ4n) is 2.45. The predicted octanol–water partition coefficient (Wildman–Crippen LogP) is 7.49. The van der Waals surface area contributed by atoms with Crippen molar-refractivity contribution in [2.24, 2.45) is 0 Å². The summed E-state index contributed by atoms with van der Waals surface area (Å²) in [6, 6.07) is 18.4. The minimum absolute atomic E-state index is 0.372. The molecule has 0 aliphatic carbocycles. The van der Waals surface area contributed by atoms with Crippen LogP contribution in [0.5, 0.6) is 5.75 Å². The number of nitrogens with one attached hydrogen (secondary N) is 1. The minimum atomic E-state index is 0.372. The summed E-state index contributed by atoms with van der Waals surface area (Å²) in [6.07, 6.45) is 0. The van der Waals surface area contributed by atoms with E-state index in [-0.39, 0.29) is 0 Å². The van der Waals surface area contributed by atoms with E-state index in [9.17, 15) is 0 Å². The number of ether oxygens (including phenoxy) is 1. The number of anilines is 1. The average Bonchev–Trinajstić information content (AvgIpc) is 2.59. The van der Waals surface area contributed by atoms with E-state index in [1.807, 2.05) is 48.5 Å². The summed E-state index contributed by atoms with van der Waals surface area (Å²) in [6.45, 7) is 0.881. The van der Waals surface area contributed by atoms with Gasteiger partial charge in [-0.15, -0.1) is 0 Å². The van der Waals surface area contributed by atoms with E-state index in [1.54, 1.807) is 12.1 Å². The monoisotopic (exact) mass is 425 g/mol. The van der Waals surface area contributed by atoms with Crippen LogP contribution in [0.3, 0.4) is 0 Å². The predicted molar refractivity (Wildman–Crippen MR) is 111 cm³/mol. The van der Waals surface area contributed by atoms with Gasteiger partial charge in [0, 0.05) is 43.4 Å². The molecule has 0 unspecified atom stereocenters. The van der Waals surface area contributed by atoms with Gasteiger partial charge in [0.25, 0.3) is 0 Å². The molecule has 0 spiro atoms. The molecule has 3 aromatic rings. The molecule has 3 rings (SSSR count). The molecule has 1 N–H and O–H groups in total. The second-order valence-electron chi connectivity index (χ2n) is 5.64. The van der Waals surface area contributed by atoms with Crippen molar-refractivity contribution >= 4 is 52.1 Å². The molecule has 0 saturated carbocycles. The van der Waals surface area contributed by atoms with Crippen molar-refractivity contribution in [2.75, 3.05) is 5.32 Å². The highest BCUT2D eigenvalue weighted by Gasteiger charge is 2.08. The van der Waals surface area contributed by atoms with Gasteiger partial charge < -0.3 is 10.1 Å². The molecule has 0 heterocycles. The highest BCUT2D eigenvalue weighted by Crippen LogP contribution is 2.27. The lowest BCUT2D eigenvalue weighted by atomic mass is 10.2. The zero-order chi connectivity index (χ0) is 18.5. The van der Waals surface area contributed by atoms with Crippen molar-refractivity contribution in [3.8, 4) is 5.75 Å². The van der Waals surface area contributed by atoms with Crippen LogP contribution in [0.25, 0.3) is 0 Å². The van der Waals surface area contributed by atoms with Crippen LogP contribution in [-0.4, -0.2) is 0 Å². The van der Waals surface area contributed by atoms with Crippen LogP contribution in [0, 0.1) is 0 Å². The third-order valence-electron chi connectivity index (χ3n) is 3.71. The Labute approximate surface area is 172 Å². The molecule has 0 saturated heterocycles. The molecule has 26 heavy (non-hydrogen) atoms. The summed E-state index contributed by atoms with van der Waals surface area (Å²) in [7, 11) is 0. The number of hydrogen-bond acceptors (Lipinski definition) is 2. The van der Waals surface area contributed by atoms with E-state index in [4.69, 9.17) is 51.1 Å². The fourth-order valence-corrected chi connectivity index (χ4v) is 3.36. The Morgan fingerprint density at radius 1 is 0.731 bits per heavy atom. The molecule has 2 nitrogen and oxygen atoms in total. The van der Waals surface area contributed by atoms with Crippen molar-refractivity contribution in [2.45, 2.75) is 13.2 Å². The first-order valence-electron chi connectivity index (χ1n) is 7.86. The molecule has 0 radical (unpaired) electrons. The van der Waals surface area contributed by atoms with Gasteiger partial charge in [0.05, 0.1) is 0 Å². The third kappa shape index (κ3) is 5.21. The van der Waals surface area contributed by atoms with Gasteiger partial charge in [0.15, 0.2) is 0 Å². The molecular formula is C20H15Cl4NO. The van der Waals surface area contributed by atoms with Gasteiger partial charge in [-0.1, -0.05) is 64.6 Å². The van der Waals surface area contributed by atoms with Gasteiger partial charge in [-0.2, -0.15) is 0 Å². The molecule has 0 aliphatic rings. The molecule has 0 atom stereocenters. The van der Waals surface area contributed by atoms with E-state index >= 15 is 0 Å². The van der Waals surface area contributed by atoms with E-state index < -0.39 is 0 Å². The lowest BCUT2D eigenvalue weighted by Crippen LogP contribution is -2.04. The number of halogens is 4. The molecular weight excluding hydrogens is 412 g/mol. The molecule has 0 aromatic heterocycles. The van der Waals surface area contributed by atoms with Crippen molar-refractivity contribution in [3.05, 3.63) is 91.9 Å². The molecule has 0 bridgehead atoms. The number of benzene rings is 3. The average molecular weight is 427 g/mol. The molecule has 0 amide bonds. The topological polar surface area (TPSA) is 21.3 Å². The Balaban J connectivity index is 1.74. The van der Waals surface area contributed by atoms with Crippen LogP contribution in [0.2, 0.25) is 20.1 Å². The van der Waals surface area contributed by atoms with Crippen LogP contribution in [0.4, 0.5) is 5.69 Å².